The summed E-state index contributed by atoms with van der Waals surface area (Å²) in [4.78, 5) is 31.1. The molecular weight excluding hydrogens is 274 g/mol. The minimum absolute atomic E-state index is 0.245. The Labute approximate surface area is 123 Å². The first-order chi connectivity index (χ1) is 9.84. The van der Waals surface area contributed by atoms with Crippen LogP contribution in [0.1, 0.15) is 37.8 Å². The van der Waals surface area contributed by atoms with Gasteiger partial charge in [-0.25, -0.2) is 14.6 Å². The molecule has 0 aliphatic carbocycles. The van der Waals surface area contributed by atoms with E-state index in [1.165, 1.54) is 9.80 Å². The molecule has 21 heavy (non-hydrogen) atoms. The van der Waals surface area contributed by atoms with Gasteiger partial charge in [-0.15, -0.1) is 0 Å². The Morgan fingerprint density at radius 3 is 2.76 bits per heavy atom. The van der Waals surface area contributed by atoms with Crippen LogP contribution in [0.2, 0.25) is 0 Å². The summed E-state index contributed by atoms with van der Waals surface area (Å²) >= 11 is 0. The number of carboxylic acids is 1. The molecule has 2 N–H and O–H groups in total. The van der Waals surface area contributed by atoms with Gasteiger partial charge in [-0.05, 0) is 33.1 Å². The van der Waals surface area contributed by atoms with Gasteiger partial charge in [0.05, 0.1) is 6.54 Å². The third-order valence-electron chi connectivity index (χ3n) is 3.93. The number of H-pyrrole nitrogens is 1. The van der Waals surface area contributed by atoms with Crippen LogP contribution in [0.5, 0.6) is 0 Å². The highest BCUT2D eigenvalue weighted by Gasteiger charge is 2.44. The highest BCUT2D eigenvalue weighted by Crippen LogP contribution is 2.29. The van der Waals surface area contributed by atoms with Crippen molar-refractivity contribution in [3.8, 4) is 0 Å². The van der Waals surface area contributed by atoms with Gasteiger partial charge < -0.3 is 14.9 Å². The molecule has 0 spiro atoms. The van der Waals surface area contributed by atoms with Crippen LogP contribution in [0.15, 0.2) is 0 Å². The molecule has 1 saturated heterocycles. The van der Waals surface area contributed by atoms with Gasteiger partial charge in [0.15, 0.2) is 5.82 Å². The van der Waals surface area contributed by atoms with E-state index in [0.29, 0.717) is 24.6 Å². The predicted molar refractivity (Wildman–Crippen MR) is 74.6 cm³/mol. The summed E-state index contributed by atoms with van der Waals surface area (Å²) in [5, 5.41) is 16.2. The molecule has 2 heterocycles. The Balaban J connectivity index is 2.11. The normalized spacial score (nSPS) is 22.1. The Morgan fingerprint density at radius 1 is 1.48 bits per heavy atom. The number of rotatable bonds is 3. The zero-order valence-corrected chi connectivity index (χ0v) is 12.6. The predicted octanol–water partition coefficient (Wildman–Crippen LogP) is 0.994. The lowest BCUT2D eigenvalue weighted by Gasteiger charge is -2.43. The van der Waals surface area contributed by atoms with Gasteiger partial charge >= 0.3 is 12.0 Å². The molecule has 1 aromatic heterocycles. The van der Waals surface area contributed by atoms with E-state index in [0.717, 1.165) is 12.8 Å². The molecule has 1 fully saturated rings. The molecule has 0 bridgehead atoms. The number of amides is 2. The number of piperidine rings is 1. The lowest BCUT2D eigenvalue weighted by atomic mass is 9.89. The van der Waals surface area contributed by atoms with E-state index >= 15 is 0 Å². The number of hydrogen-bond acceptors (Lipinski definition) is 4. The molecule has 0 saturated carbocycles. The molecule has 1 unspecified atom stereocenters. The molecule has 8 heteroatoms. The maximum atomic E-state index is 12.6. The number of aryl methyl sites for hydroxylation is 1. The first-order valence-corrected chi connectivity index (χ1v) is 6.98. The zero-order chi connectivity index (χ0) is 15.6. The fourth-order valence-electron chi connectivity index (χ4n) is 2.60. The second-order valence-electron chi connectivity index (χ2n) is 5.66. The summed E-state index contributed by atoms with van der Waals surface area (Å²) in [5.41, 5.74) is -1.14. The van der Waals surface area contributed by atoms with Gasteiger partial charge in [0.25, 0.3) is 0 Å². The largest absolute Gasteiger partial charge is 0.480 e. The van der Waals surface area contributed by atoms with E-state index in [4.69, 9.17) is 0 Å². The molecule has 8 nitrogen and oxygen atoms in total. The van der Waals surface area contributed by atoms with E-state index in [2.05, 4.69) is 15.2 Å². The van der Waals surface area contributed by atoms with Gasteiger partial charge in [-0.3, -0.25) is 5.10 Å². The maximum absolute atomic E-state index is 12.6. The van der Waals surface area contributed by atoms with Crippen LogP contribution in [-0.4, -0.2) is 61.2 Å². The molecule has 1 aliphatic heterocycles. The third-order valence-corrected chi connectivity index (χ3v) is 3.93. The standard InChI is InChI=1S/C13H21N5O3/c1-9-14-10(16-15-9)8-17(3)12(21)18-7-5-4-6-13(18,2)11(19)20/h4-8H2,1-3H3,(H,19,20)(H,14,15,16). The van der Waals surface area contributed by atoms with Crippen LogP contribution in [0.4, 0.5) is 4.79 Å². The molecule has 2 amide bonds. The van der Waals surface area contributed by atoms with E-state index < -0.39 is 11.5 Å². The van der Waals surface area contributed by atoms with Crippen LogP contribution in [0.3, 0.4) is 0 Å². The van der Waals surface area contributed by atoms with Crippen molar-refractivity contribution in [2.75, 3.05) is 13.6 Å². The van der Waals surface area contributed by atoms with Crippen molar-refractivity contribution in [1.82, 2.24) is 25.0 Å². The number of nitrogens with zero attached hydrogens (tertiary/aromatic N) is 4. The SMILES string of the molecule is Cc1nc(CN(C)C(=O)N2CCCCC2(C)C(=O)O)n[nH]1. The average Bonchev–Trinajstić information content (AvgIpc) is 2.83. The van der Waals surface area contributed by atoms with E-state index in [1.54, 1.807) is 20.9 Å². The van der Waals surface area contributed by atoms with Crippen LogP contribution in [0.25, 0.3) is 0 Å². The Hall–Kier alpha value is -2.12. The maximum Gasteiger partial charge on any atom is 0.329 e. The van der Waals surface area contributed by atoms with Gasteiger partial charge in [0.1, 0.15) is 11.4 Å². The van der Waals surface area contributed by atoms with Gasteiger partial charge in [-0.1, -0.05) is 0 Å². The number of carboxylic acid groups (broad SMARTS) is 1. The van der Waals surface area contributed by atoms with Gasteiger partial charge in [0, 0.05) is 13.6 Å². The topological polar surface area (TPSA) is 102 Å². The van der Waals surface area contributed by atoms with Crippen molar-refractivity contribution in [1.29, 1.82) is 0 Å². The second kappa shape index (κ2) is 5.71. The fraction of sp³-hybridized carbons (Fsp3) is 0.692. The minimum Gasteiger partial charge on any atom is -0.480 e. The monoisotopic (exact) mass is 295 g/mol. The van der Waals surface area contributed by atoms with Crippen LogP contribution < -0.4 is 0 Å². The van der Waals surface area contributed by atoms with E-state index in [-0.39, 0.29) is 12.6 Å². The lowest BCUT2D eigenvalue weighted by molar-refractivity contribution is -0.150. The molecule has 0 radical (unpaired) electrons. The quantitative estimate of drug-likeness (QED) is 0.865. The van der Waals surface area contributed by atoms with Crippen molar-refractivity contribution in [2.45, 2.75) is 45.2 Å². The van der Waals surface area contributed by atoms with Crippen molar-refractivity contribution >= 4 is 12.0 Å². The number of nitrogens with one attached hydrogen (secondary N) is 1. The van der Waals surface area contributed by atoms with Crippen LogP contribution >= 0.6 is 0 Å². The highest BCUT2D eigenvalue weighted by molar-refractivity contribution is 5.86. The molecule has 116 valence electrons. The summed E-state index contributed by atoms with van der Waals surface area (Å²) < 4.78 is 0. The number of hydrogen-bond donors (Lipinski definition) is 2. The second-order valence-corrected chi connectivity index (χ2v) is 5.66. The lowest BCUT2D eigenvalue weighted by Crippen LogP contribution is -2.60. The average molecular weight is 295 g/mol. The van der Waals surface area contributed by atoms with E-state index in [9.17, 15) is 14.7 Å². The molecule has 2 rings (SSSR count). The van der Waals surface area contributed by atoms with Crippen molar-refractivity contribution in [2.24, 2.45) is 0 Å². The van der Waals surface area contributed by atoms with Gasteiger partial charge in [-0.2, -0.15) is 5.10 Å². The molecule has 1 aliphatic rings. The summed E-state index contributed by atoms with van der Waals surface area (Å²) in [7, 11) is 1.63. The summed E-state index contributed by atoms with van der Waals surface area (Å²) in [5.74, 6) is 0.231. The Bertz CT molecular complexity index is 544. The fourth-order valence-corrected chi connectivity index (χ4v) is 2.60. The number of likely N-dealkylation sites (tertiary alicyclic amines) is 1. The smallest absolute Gasteiger partial charge is 0.329 e. The molecule has 1 aromatic rings. The van der Waals surface area contributed by atoms with Gasteiger partial charge in [0.2, 0.25) is 0 Å². The zero-order valence-electron chi connectivity index (χ0n) is 12.6. The Kier molecular flexibility index (Phi) is 4.15. The number of carbonyl (C=O) groups is 2. The highest BCUT2D eigenvalue weighted by atomic mass is 16.4. The number of carbonyl (C=O) groups excluding carboxylic acids is 1. The first kappa shape index (κ1) is 15.3. The number of urea groups is 1. The molecule has 0 aromatic carbocycles. The van der Waals surface area contributed by atoms with Crippen molar-refractivity contribution < 1.29 is 14.7 Å². The summed E-state index contributed by atoms with van der Waals surface area (Å²) in [6.07, 6.45) is 2.11. The third kappa shape index (κ3) is 2.98. The summed E-state index contributed by atoms with van der Waals surface area (Å²) in [6.45, 7) is 4.09. The van der Waals surface area contributed by atoms with Crippen molar-refractivity contribution in [3.05, 3.63) is 11.6 Å². The van der Waals surface area contributed by atoms with Crippen LogP contribution in [-0.2, 0) is 11.3 Å². The minimum atomic E-state index is -1.14. The van der Waals surface area contributed by atoms with Crippen molar-refractivity contribution in [3.63, 3.8) is 0 Å². The summed E-state index contributed by atoms with van der Waals surface area (Å²) in [6, 6.07) is -0.304. The molecular formula is C13H21N5O3. The first-order valence-electron chi connectivity index (χ1n) is 6.98. The number of aromatic nitrogens is 3. The Morgan fingerprint density at radius 2 is 2.19 bits per heavy atom. The number of aromatic amines is 1. The van der Waals surface area contributed by atoms with Crippen LogP contribution in [0, 0.1) is 6.92 Å². The number of aliphatic carboxylic acids is 1. The molecule has 1 atom stereocenters. The van der Waals surface area contributed by atoms with E-state index in [1.807, 2.05) is 0 Å².